The Morgan fingerprint density at radius 2 is 1.90 bits per heavy atom. The molecule has 1 heterocycles. The third-order valence-corrected chi connectivity index (χ3v) is 4.92. The first-order valence-electron chi connectivity index (χ1n) is 9.01. The van der Waals surface area contributed by atoms with Gasteiger partial charge in [0.15, 0.2) is 5.76 Å². The molecule has 5 nitrogen and oxygen atoms in total. The zero-order valence-electron chi connectivity index (χ0n) is 15.8. The summed E-state index contributed by atoms with van der Waals surface area (Å²) in [7, 11) is 1.58. The molecule has 0 fully saturated rings. The Kier molecular flexibility index (Phi) is 6.82. The first-order chi connectivity index (χ1) is 13.9. The molecule has 150 valence electrons. The van der Waals surface area contributed by atoms with Gasteiger partial charge >= 0.3 is 0 Å². The van der Waals surface area contributed by atoms with Gasteiger partial charge < -0.3 is 14.6 Å². The maximum Gasteiger partial charge on any atom is 0.287 e. The second-order valence-electron chi connectivity index (χ2n) is 6.62. The maximum atomic E-state index is 14.1. The lowest BCUT2D eigenvalue weighted by Gasteiger charge is -2.25. The number of rotatable bonds is 7. The summed E-state index contributed by atoms with van der Waals surface area (Å²) in [6.07, 6.45) is 1.70. The minimum absolute atomic E-state index is 0.0754. The molecule has 0 bridgehead atoms. The molecule has 2 aromatic carbocycles. The Morgan fingerprint density at radius 3 is 2.59 bits per heavy atom. The van der Waals surface area contributed by atoms with Crippen molar-refractivity contribution in [3.05, 3.63) is 94.1 Å². The van der Waals surface area contributed by atoms with Crippen LogP contribution in [0.1, 0.15) is 21.7 Å². The van der Waals surface area contributed by atoms with Crippen LogP contribution in [0.15, 0.2) is 75.8 Å². The van der Waals surface area contributed by atoms with Crippen LogP contribution in [0.5, 0.6) is 0 Å². The number of nitrogens with one attached hydrogen (secondary N) is 1. The summed E-state index contributed by atoms with van der Waals surface area (Å²) in [6.45, 7) is 0.0754. The van der Waals surface area contributed by atoms with Crippen LogP contribution in [0.2, 0.25) is 0 Å². The third-order valence-electron chi connectivity index (χ3n) is 4.42. The lowest BCUT2D eigenvalue weighted by molar-refractivity contribution is -0.132. The highest BCUT2D eigenvalue weighted by Gasteiger charge is 2.26. The number of carbonyl (C=O) groups excluding carboxylic acids is 2. The lowest BCUT2D eigenvalue weighted by atomic mass is 10.0. The van der Waals surface area contributed by atoms with E-state index in [1.165, 1.54) is 23.3 Å². The summed E-state index contributed by atoms with van der Waals surface area (Å²) in [6, 6.07) is 16.3. The normalized spacial score (nSPS) is 11.7. The van der Waals surface area contributed by atoms with Crippen molar-refractivity contribution in [2.24, 2.45) is 0 Å². The summed E-state index contributed by atoms with van der Waals surface area (Å²) in [5, 5.41) is 2.73. The molecule has 0 saturated carbocycles. The number of hydrogen-bond acceptors (Lipinski definition) is 3. The largest absolute Gasteiger partial charge is 0.459 e. The van der Waals surface area contributed by atoms with Crippen LogP contribution in [-0.2, 0) is 17.8 Å². The summed E-state index contributed by atoms with van der Waals surface area (Å²) in [4.78, 5) is 27.0. The van der Waals surface area contributed by atoms with Gasteiger partial charge in [-0.1, -0.05) is 46.3 Å². The van der Waals surface area contributed by atoms with Gasteiger partial charge in [-0.3, -0.25) is 9.59 Å². The molecule has 0 saturated heterocycles. The van der Waals surface area contributed by atoms with Crippen LogP contribution in [0.3, 0.4) is 0 Å². The van der Waals surface area contributed by atoms with E-state index in [1.807, 2.05) is 30.3 Å². The van der Waals surface area contributed by atoms with E-state index >= 15 is 0 Å². The molecule has 1 atom stereocenters. The van der Waals surface area contributed by atoms with Gasteiger partial charge in [0, 0.05) is 30.0 Å². The smallest absolute Gasteiger partial charge is 0.287 e. The molecular weight excluding hydrogens is 439 g/mol. The molecule has 0 aliphatic heterocycles. The third kappa shape index (κ3) is 5.54. The van der Waals surface area contributed by atoms with Crippen LogP contribution in [-0.4, -0.2) is 29.8 Å². The van der Waals surface area contributed by atoms with Gasteiger partial charge in [-0.15, -0.1) is 0 Å². The average molecular weight is 459 g/mol. The van der Waals surface area contributed by atoms with Gasteiger partial charge in [0.1, 0.15) is 11.9 Å². The van der Waals surface area contributed by atoms with E-state index in [0.29, 0.717) is 12.0 Å². The Balaban J connectivity index is 1.78. The maximum absolute atomic E-state index is 14.1. The number of halogens is 2. The van der Waals surface area contributed by atoms with Crippen molar-refractivity contribution in [1.29, 1.82) is 0 Å². The number of benzene rings is 2. The van der Waals surface area contributed by atoms with Gasteiger partial charge in [-0.25, -0.2) is 4.39 Å². The monoisotopic (exact) mass is 458 g/mol. The van der Waals surface area contributed by atoms with Gasteiger partial charge in [0.05, 0.1) is 6.26 Å². The summed E-state index contributed by atoms with van der Waals surface area (Å²) < 4.78 is 19.9. The number of carbonyl (C=O) groups is 2. The summed E-state index contributed by atoms with van der Waals surface area (Å²) >= 11 is 3.31. The van der Waals surface area contributed by atoms with E-state index in [9.17, 15) is 14.0 Å². The first-order valence-corrected chi connectivity index (χ1v) is 9.80. The second-order valence-corrected chi connectivity index (χ2v) is 7.54. The zero-order chi connectivity index (χ0) is 20.8. The van der Waals surface area contributed by atoms with Crippen molar-refractivity contribution >= 4 is 27.7 Å². The predicted octanol–water partition coefficient (Wildman–Crippen LogP) is 4.18. The Bertz CT molecular complexity index is 977. The molecule has 1 aromatic heterocycles. The van der Waals surface area contributed by atoms with Crippen LogP contribution in [0.4, 0.5) is 4.39 Å². The molecule has 1 unspecified atom stereocenters. The fourth-order valence-corrected chi connectivity index (χ4v) is 3.36. The molecule has 3 aromatic rings. The van der Waals surface area contributed by atoms with Crippen LogP contribution < -0.4 is 5.32 Å². The summed E-state index contributed by atoms with van der Waals surface area (Å²) in [5.41, 5.74) is 1.28. The minimum atomic E-state index is -0.824. The standard InChI is InChI=1S/C22H20BrFN2O3/c1-26(14-16-13-17(23)9-10-18(16)24)22(28)19(12-15-6-3-2-4-7-15)25-21(27)20-8-5-11-29-20/h2-11,13,19H,12,14H2,1H3,(H,25,27). The van der Waals surface area contributed by atoms with Crippen LogP contribution in [0, 0.1) is 5.82 Å². The van der Waals surface area contributed by atoms with E-state index in [-0.39, 0.29) is 18.2 Å². The minimum Gasteiger partial charge on any atom is -0.459 e. The summed E-state index contributed by atoms with van der Waals surface area (Å²) in [5.74, 6) is -1.08. The van der Waals surface area contributed by atoms with Gasteiger partial charge in [0.2, 0.25) is 5.91 Å². The van der Waals surface area contributed by atoms with Gasteiger partial charge in [0.25, 0.3) is 5.91 Å². The fourth-order valence-electron chi connectivity index (χ4n) is 2.95. The molecule has 0 spiro atoms. The van der Waals surface area contributed by atoms with Crippen LogP contribution in [0.25, 0.3) is 0 Å². The molecule has 7 heteroatoms. The van der Waals surface area contributed by atoms with E-state index < -0.39 is 17.8 Å². The zero-order valence-corrected chi connectivity index (χ0v) is 17.4. The Labute approximate surface area is 176 Å². The number of amides is 2. The molecule has 29 heavy (non-hydrogen) atoms. The number of furan rings is 1. The molecule has 0 aliphatic carbocycles. The SMILES string of the molecule is CN(Cc1cc(Br)ccc1F)C(=O)C(Cc1ccccc1)NC(=O)c1ccco1. The van der Waals surface area contributed by atoms with Crippen molar-refractivity contribution in [3.63, 3.8) is 0 Å². The van der Waals surface area contributed by atoms with Crippen molar-refractivity contribution in [1.82, 2.24) is 10.2 Å². The number of nitrogens with zero attached hydrogens (tertiary/aromatic N) is 1. The predicted molar refractivity (Wildman–Crippen MR) is 111 cm³/mol. The second kappa shape index (κ2) is 9.52. The highest BCUT2D eigenvalue weighted by Crippen LogP contribution is 2.18. The Morgan fingerprint density at radius 1 is 1.14 bits per heavy atom. The first kappa shape index (κ1) is 20.8. The Hall–Kier alpha value is -2.93. The number of hydrogen-bond donors (Lipinski definition) is 1. The topological polar surface area (TPSA) is 62.6 Å². The van der Waals surface area contributed by atoms with Gasteiger partial charge in [-0.2, -0.15) is 0 Å². The average Bonchev–Trinajstić information content (AvgIpc) is 3.25. The highest BCUT2D eigenvalue weighted by atomic mass is 79.9. The van der Waals surface area contributed by atoms with E-state index in [2.05, 4.69) is 21.2 Å². The van der Waals surface area contributed by atoms with E-state index in [1.54, 1.807) is 25.2 Å². The van der Waals surface area contributed by atoms with E-state index in [4.69, 9.17) is 4.42 Å². The molecule has 2 amide bonds. The van der Waals surface area contributed by atoms with Crippen molar-refractivity contribution in [2.45, 2.75) is 19.0 Å². The fraction of sp³-hybridized carbons (Fsp3) is 0.182. The molecule has 0 radical (unpaired) electrons. The molecule has 1 N–H and O–H groups in total. The van der Waals surface area contributed by atoms with Crippen LogP contribution >= 0.6 is 15.9 Å². The van der Waals surface area contributed by atoms with E-state index in [0.717, 1.165) is 10.0 Å². The van der Waals surface area contributed by atoms with Gasteiger partial charge in [-0.05, 0) is 35.9 Å². The molecular formula is C22H20BrFN2O3. The quantitative estimate of drug-likeness (QED) is 0.577. The highest BCUT2D eigenvalue weighted by molar-refractivity contribution is 9.10. The van der Waals surface area contributed by atoms with Crippen molar-refractivity contribution in [3.8, 4) is 0 Å². The number of likely N-dealkylation sites (N-methyl/N-ethyl adjacent to an activating group) is 1. The molecule has 0 aliphatic rings. The lowest BCUT2D eigenvalue weighted by Crippen LogP contribution is -2.48. The van der Waals surface area contributed by atoms with Crippen molar-refractivity contribution < 1.29 is 18.4 Å². The van der Waals surface area contributed by atoms with Crippen molar-refractivity contribution in [2.75, 3.05) is 7.05 Å². The molecule has 3 rings (SSSR count).